The third-order valence-electron chi connectivity index (χ3n) is 3.98. The van der Waals surface area contributed by atoms with E-state index in [4.69, 9.17) is 14.7 Å². The molecule has 0 spiro atoms. The Hall–Kier alpha value is -1.53. The average Bonchev–Trinajstić information content (AvgIpc) is 2.52. The Morgan fingerprint density at radius 3 is 3.00 bits per heavy atom. The van der Waals surface area contributed by atoms with Gasteiger partial charge in [-0.15, -0.1) is 0 Å². The highest BCUT2D eigenvalue weighted by atomic mass is 16.5. The zero-order chi connectivity index (χ0) is 14.2. The van der Waals surface area contributed by atoms with Crippen LogP contribution in [0.3, 0.4) is 0 Å². The first-order valence-corrected chi connectivity index (χ1v) is 7.56. The highest BCUT2D eigenvalue weighted by Gasteiger charge is 2.20. The molecule has 1 saturated carbocycles. The highest BCUT2D eigenvalue weighted by molar-refractivity contribution is 5.36. The van der Waals surface area contributed by atoms with Crippen molar-refractivity contribution in [3.05, 3.63) is 29.8 Å². The van der Waals surface area contributed by atoms with Crippen LogP contribution in [0.5, 0.6) is 5.75 Å². The molecule has 3 heteroatoms. The highest BCUT2D eigenvalue weighted by Crippen LogP contribution is 2.28. The van der Waals surface area contributed by atoms with Crippen LogP contribution in [0, 0.1) is 17.2 Å². The van der Waals surface area contributed by atoms with Gasteiger partial charge in [0.25, 0.3) is 0 Å². The first-order chi connectivity index (χ1) is 9.81. The van der Waals surface area contributed by atoms with Gasteiger partial charge in [-0.3, -0.25) is 0 Å². The SMILES string of the molecule is CCC1CCCC(OCCOc2cccc(C#N)c2)C1. The van der Waals surface area contributed by atoms with Gasteiger partial charge in [-0.1, -0.05) is 32.3 Å². The maximum absolute atomic E-state index is 8.82. The van der Waals surface area contributed by atoms with E-state index in [-0.39, 0.29) is 0 Å². The summed E-state index contributed by atoms with van der Waals surface area (Å²) in [5.41, 5.74) is 0.626. The van der Waals surface area contributed by atoms with Crippen molar-refractivity contribution >= 4 is 0 Å². The summed E-state index contributed by atoms with van der Waals surface area (Å²) in [5, 5.41) is 8.82. The van der Waals surface area contributed by atoms with Crippen molar-refractivity contribution < 1.29 is 9.47 Å². The van der Waals surface area contributed by atoms with Crippen LogP contribution < -0.4 is 4.74 Å². The predicted octanol–water partition coefficient (Wildman–Crippen LogP) is 3.92. The largest absolute Gasteiger partial charge is 0.491 e. The zero-order valence-corrected chi connectivity index (χ0v) is 12.2. The van der Waals surface area contributed by atoms with Gasteiger partial charge in [0.05, 0.1) is 24.3 Å². The molecule has 1 aromatic rings. The Balaban J connectivity index is 1.67. The fraction of sp³-hybridized carbons (Fsp3) is 0.588. The van der Waals surface area contributed by atoms with Crippen LogP contribution in [-0.4, -0.2) is 19.3 Å². The number of benzene rings is 1. The van der Waals surface area contributed by atoms with Crippen molar-refractivity contribution in [1.82, 2.24) is 0 Å². The van der Waals surface area contributed by atoms with E-state index in [9.17, 15) is 0 Å². The van der Waals surface area contributed by atoms with Crippen LogP contribution in [0.1, 0.15) is 44.6 Å². The molecule has 0 bridgehead atoms. The third kappa shape index (κ3) is 4.54. The molecular weight excluding hydrogens is 250 g/mol. The van der Waals surface area contributed by atoms with E-state index >= 15 is 0 Å². The van der Waals surface area contributed by atoms with Gasteiger partial charge >= 0.3 is 0 Å². The second-order valence-electron chi connectivity index (χ2n) is 5.42. The summed E-state index contributed by atoms with van der Waals surface area (Å²) in [4.78, 5) is 0. The maximum atomic E-state index is 8.82. The average molecular weight is 273 g/mol. The first-order valence-electron chi connectivity index (χ1n) is 7.56. The summed E-state index contributed by atoms with van der Waals surface area (Å²) in [6.07, 6.45) is 6.68. The predicted molar refractivity (Wildman–Crippen MR) is 78.6 cm³/mol. The molecule has 1 aromatic carbocycles. The molecule has 1 fully saturated rings. The molecule has 0 heterocycles. The second-order valence-corrected chi connectivity index (χ2v) is 5.42. The Labute approximate surface area is 121 Å². The fourth-order valence-electron chi connectivity index (χ4n) is 2.79. The van der Waals surface area contributed by atoms with Crippen LogP contribution in [-0.2, 0) is 4.74 Å². The van der Waals surface area contributed by atoms with Crippen LogP contribution in [0.15, 0.2) is 24.3 Å². The molecule has 0 amide bonds. The standard InChI is InChI=1S/C17H23NO2/c1-2-14-5-3-7-16(11-14)19-9-10-20-17-8-4-6-15(12-17)13-18/h4,6,8,12,14,16H,2-3,5,7,9-11H2,1H3. The molecule has 2 unspecified atom stereocenters. The number of nitriles is 1. The van der Waals surface area contributed by atoms with Crippen molar-refractivity contribution in [2.24, 2.45) is 5.92 Å². The lowest BCUT2D eigenvalue weighted by molar-refractivity contribution is -0.000661. The number of ether oxygens (including phenoxy) is 2. The number of hydrogen-bond donors (Lipinski definition) is 0. The minimum absolute atomic E-state index is 0.405. The van der Waals surface area contributed by atoms with Crippen molar-refractivity contribution in [2.75, 3.05) is 13.2 Å². The Bertz CT molecular complexity index is 453. The third-order valence-corrected chi connectivity index (χ3v) is 3.98. The molecule has 0 aliphatic heterocycles. The Kier molecular flexibility index (Phi) is 5.88. The zero-order valence-electron chi connectivity index (χ0n) is 12.2. The van der Waals surface area contributed by atoms with E-state index < -0.39 is 0 Å². The van der Waals surface area contributed by atoms with E-state index in [0.29, 0.717) is 24.9 Å². The summed E-state index contributed by atoms with van der Waals surface area (Å²) < 4.78 is 11.5. The van der Waals surface area contributed by atoms with Gasteiger partial charge in [-0.05, 0) is 37.0 Å². The van der Waals surface area contributed by atoms with Crippen LogP contribution >= 0.6 is 0 Å². The monoisotopic (exact) mass is 273 g/mol. The van der Waals surface area contributed by atoms with E-state index in [2.05, 4.69) is 13.0 Å². The molecule has 2 atom stereocenters. The minimum atomic E-state index is 0.405. The molecular formula is C17H23NO2. The topological polar surface area (TPSA) is 42.2 Å². The molecule has 0 radical (unpaired) electrons. The first kappa shape index (κ1) is 14.9. The van der Waals surface area contributed by atoms with Crippen molar-refractivity contribution in [1.29, 1.82) is 5.26 Å². The quantitative estimate of drug-likeness (QED) is 0.738. The van der Waals surface area contributed by atoms with Gasteiger partial charge in [-0.2, -0.15) is 5.26 Å². The van der Waals surface area contributed by atoms with Gasteiger partial charge in [-0.25, -0.2) is 0 Å². The molecule has 20 heavy (non-hydrogen) atoms. The Morgan fingerprint density at radius 2 is 2.20 bits per heavy atom. The minimum Gasteiger partial charge on any atom is -0.491 e. The summed E-state index contributed by atoms with van der Waals surface area (Å²) >= 11 is 0. The molecule has 108 valence electrons. The molecule has 0 aromatic heterocycles. The summed E-state index contributed by atoms with van der Waals surface area (Å²) in [5.74, 6) is 1.57. The summed E-state index contributed by atoms with van der Waals surface area (Å²) in [7, 11) is 0. The van der Waals surface area contributed by atoms with Gasteiger partial charge in [0, 0.05) is 0 Å². The lowest BCUT2D eigenvalue weighted by Crippen LogP contribution is -2.24. The molecule has 1 aliphatic rings. The van der Waals surface area contributed by atoms with E-state index in [1.54, 1.807) is 12.1 Å². The van der Waals surface area contributed by atoms with Gasteiger partial charge < -0.3 is 9.47 Å². The summed E-state index contributed by atoms with van der Waals surface area (Å²) in [6.45, 7) is 3.43. The van der Waals surface area contributed by atoms with Gasteiger partial charge in [0.1, 0.15) is 12.4 Å². The van der Waals surface area contributed by atoms with Crippen molar-refractivity contribution in [3.63, 3.8) is 0 Å². The van der Waals surface area contributed by atoms with E-state index in [1.165, 1.54) is 32.1 Å². The van der Waals surface area contributed by atoms with E-state index in [0.717, 1.165) is 11.7 Å². The maximum Gasteiger partial charge on any atom is 0.120 e. The lowest BCUT2D eigenvalue weighted by atomic mass is 9.85. The molecule has 3 nitrogen and oxygen atoms in total. The second kappa shape index (κ2) is 7.91. The van der Waals surface area contributed by atoms with Crippen molar-refractivity contribution in [2.45, 2.75) is 45.1 Å². The van der Waals surface area contributed by atoms with Crippen molar-refractivity contribution in [3.8, 4) is 11.8 Å². The van der Waals surface area contributed by atoms with Gasteiger partial charge in [0.2, 0.25) is 0 Å². The van der Waals surface area contributed by atoms with Gasteiger partial charge in [0.15, 0.2) is 0 Å². The number of nitrogens with zero attached hydrogens (tertiary/aromatic N) is 1. The number of hydrogen-bond acceptors (Lipinski definition) is 3. The van der Waals surface area contributed by atoms with Crippen LogP contribution in [0.4, 0.5) is 0 Å². The molecule has 0 saturated heterocycles. The molecule has 0 N–H and O–H groups in total. The smallest absolute Gasteiger partial charge is 0.120 e. The normalized spacial score (nSPS) is 22.2. The lowest BCUT2D eigenvalue weighted by Gasteiger charge is -2.28. The fourth-order valence-corrected chi connectivity index (χ4v) is 2.79. The van der Waals surface area contributed by atoms with Crippen LogP contribution in [0.2, 0.25) is 0 Å². The molecule has 1 aliphatic carbocycles. The van der Waals surface area contributed by atoms with Crippen LogP contribution in [0.25, 0.3) is 0 Å². The summed E-state index contributed by atoms with van der Waals surface area (Å²) in [6, 6.07) is 9.35. The number of rotatable bonds is 6. The van der Waals surface area contributed by atoms with E-state index in [1.807, 2.05) is 12.1 Å². The Morgan fingerprint density at radius 1 is 1.30 bits per heavy atom. The molecule has 2 rings (SSSR count).